The first-order chi connectivity index (χ1) is 27.7. The molecule has 2 aromatic carbocycles. The Balaban J connectivity index is 1.50. The lowest BCUT2D eigenvalue weighted by molar-refractivity contribution is -0.147. The maximum atomic E-state index is 13.5. The van der Waals surface area contributed by atoms with E-state index in [0.29, 0.717) is 108 Å². The third-order valence-electron chi connectivity index (χ3n) is 10.6. The number of nitrogens with one attached hydrogen (secondary N) is 4. The average Bonchev–Trinajstić information content (AvgIpc) is 3.69. The lowest BCUT2D eigenvalue weighted by Gasteiger charge is -2.29. The maximum absolute atomic E-state index is 13.5. The minimum Gasteiger partial charge on any atom is -0.480 e. The van der Waals surface area contributed by atoms with Crippen LogP contribution in [0.15, 0.2) is 48.5 Å². The highest BCUT2D eigenvalue weighted by Gasteiger charge is 2.38. The molecule has 5 atom stereocenters. The number of unbranched alkanes of at least 4 members (excludes halogenated alkanes) is 2. The highest BCUT2D eigenvalue weighted by Crippen LogP contribution is 2.24. The highest BCUT2D eigenvalue weighted by molar-refractivity contribution is 6.59. The van der Waals surface area contributed by atoms with Gasteiger partial charge in [0.25, 0.3) is 0 Å². The van der Waals surface area contributed by atoms with Crippen molar-refractivity contribution in [3.63, 3.8) is 0 Å². The molecule has 18 heteroatoms. The molecular weight excluding hydrogens is 748 g/mol. The topological polar surface area (TPSA) is 258 Å². The SMILES string of the molecule is CC[C@@H](CCCCNC(=O)[C@H](CCCCNCc1ccccc1B(O)O)NC(=O)CCCc1ccccc1B(O)O)C(=O)N1CCC[C@H]1C(=O)N[C@H](C(=O)O)[C@@H](C)O. The van der Waals surface area contributed by atoms with Crippen LogP contribution in [0.2, 0.25) is 0 Å². The van der Waals surface area contributed by atoms with Gasteiger partial charge in [-0.3, -0.25) is 19.2 Å². The third kappa shape index (κ3) is 15.5. The number of carbonyl (C=O) groups is 5. The molecule has 1 aliphatic rings. The summed E-state index contributed by atoms with van der Waals surface area (Å²) in [5.41, 5.74) is 2.29. The largest absolute Gasteiger partial charge is 0.488 e. The number of carbonyl (C=O) groups excluding carboxylic acids is 4. The summed E-state index contributed by atoms with van der Waals surface area (Å²) in [5, 5.41) is 69.2. The van der Waals surface area contributed by atoms with Gasteiger partial charge in [0.15, 0.2) is 6.04 Å². The number of benzene rings is 2. The van der Waals surface area contributed by atoms with Crippen molar-refractivity contribution in [1.29, 1.82) is 0 Å². The van der Waals surface area contributed by atoms with Crippen LogP contribution in [0.3, 0.4) is 0 Å². The second-order valence-corrected chi connectivity index (χ2v) is 14.9. The zero-order valence-electron chi connectivity index (χ0n) is 33.6. The number of hydrogen-bond donors (Lipinski definition) is 10. The molecule has 318 valence electrons. The summed E-state index contributed by atoms with van der Waals surface area (Å²) in [6.07, 6.45) is 4.61. The van der Waals surface area contributed by atoms with Crippen LogP contribution in [0.4, 0.5) is 0 Å². The van der Waals surface area contributed by atoms with Gasteiger partial charge >= 0.3 is 20.2 Å². The Morgan fingerprint density at radius 1 is 0.828 bits per heavy atom. The zero-order valence-corrected chi connectivity index (χ0v) is 33.6. The molecule has 0 saturated carbocycles. The van der Waals surface area contributed by atoms with Gasteiger partial charge in [0, 0.05) is 32.0 Å². The summed E-state index contributed by atoms with van der Waals surface area (Å²) in [7, 11) is -3.20. The van der Waals surface area contributed by atoms with Crippen LogP contribution in [-0.4, -0.2) is 123 Å². The number of rotatable bonds is 26. The van der Waals surface area contributed by atoms with Crippen LogP contribution in [0.5, 0.6) is 0 Å². The first-order valence-electron chi connectivity index (χ1n) is 20.4. The van der Waals surface area contributed by atoms with Gasteiger partial charge in [-0.05, 0) is 99.7 Å². The summed E-state index contributed by atoms with van der Waals surface area (Å²) in [6.45, 7) is 4.88. The Labute approximate surface area is 341 Å². The molecule has 0 spiro atoms. The summed E-state index contributed by atoms with van der Waals surface area (Å²) >= 11 is 0. The van der Waals surface area contributed by atoms with Gasteiger partial charge in [0.05, 0.1) is 6.10 Å². The van der Waals surface area contributed by atoms with E-state index >= 15 is 0 Å². The number of amides is 4. The standard InChI is InChI=1S/C40H61B2N5O11/c1-3-28(39(52)47-25-13-21-34(47)38(51)46-36(27(2)48)40(53)54)14-8-11-24-44-37(50)33(20-9-10-23-43-26-30-16-5-7-19-32(30)42(57)58)45-35(49)22-12-17-29-15-4-6-18-31(29)41(55)56/h4-7,15-16,18-19,27-28,33-34,36,43,48,55-58H,3,8-14,17,20-26H2,1-2H3,(H,44,50)(H,45,49)(H,46,51)(H,53,54)/t27-,28+,33+,34+,36+/m1/s1. The lowest BCUT2D eigenvalue weighted by atomic mass is 9.76. The van der Waals surface area contributed by atoms with Crippen LogP contribution in [0, 0.1) is 5.92 Å². The van der Waals surface area contributed by atoms with Crippen molar-refractivity contribution in [2.75, 3.05) is 19.6 Å². The van der Waals surface area contributed by atoms with E-state index in [2.05, 4.69) is 21.3 Å². The van der Waals surface area contributed by atoms with Crippen LogP contribution in [-0.2, 0) is 36.9 Å². The van der Waals surface area contributed by atoms with Gasteiger partial charge in [-0.2, -0.15) is 0 Å². The van der Waals surface area contributed by atoms with E-state index in [4.69, 9.17) is 0 Å². The number of hydrogen-bond acceptors (Lipinski definition) is 11. The molecule has 3 rings (SSSR count). The number of carboxylic acids is 1. The fourth-order valence-electron chi connectivity index (χ4n) is 7.29. The van der Waals surface area contributed by atoms with Crippen molar-refractivity contribution >= 4 is 54.8 Å². The molecule has 0 aliphatic carbocycles. The van der Waals surface area contributed by atoms with Crippen LogP contribution >= 0.6 is 0 Å². The predicted octanol–water partition coefficient (Wildman–Crippen LogP) is -0.932. The first kappa shape index (κ1) is 48.1. The summed E-state index contributed by atoms with van der Waals surface area (Å²) < 4.78 is 0. The average molecular weight is 810 g/mol. The molecular formula is C40H61B2N5O11. The van der Waals surface area contributed by atoms with Crippen molar-refractivity contribution < 1.29 is 54.3 Å². The van der Waals surface area contributed by atoms with Gasteiger partial charge in [0.2, 0.25) is 23.6 Å². The van der Waals surface area contributed by atoms with E-state index in [9.17, 15) is 54.3 Å². The van der Waals surface area contributed by atoms with Gasteiger partial charge in [0.1, 0.15) is 12.1 Å². The Hall–Kier alpha value is -4.32. The van der Waals surface area contributed by atoms with Crippen molar-refractivity contribution in [1.82, 2.24) is 26.2 Å². The first-order valence-corrected chi connectivity index (χ1v) is 20.4. The minimum absolute atomic E-state index is 0.129. The monoisotopic (exact) mass is 809 g/mol. The maximum Gasteiger partial charge on any atom is 0.488 e. The molecule has 0 bridgehead atoms. The zero-order chi connectivity index (χ0) is 42.6. The number of likely N-dealkylation sites (tertiary alicyclic amines) is 1. The number of nitrogens with zero attached hydrogens (tertiary/aromatic N) is 1. The van der Waals surface area contributed by atoms with Crippen molar-refractivity contribution in [2.45, 2.75) is 122 Å². The minimum atomic E-state index is -1.62. The molecule has 2 aromatic rings. The van der Waals surface area contributed by atoms with Crippen molar-refractivity contribution in [3.05, 3.63) is 59.7 Å². The lowest BCUT2D eigenvalue weighted by Crippen LogP contribution is -2.54. The fraction of sp³-hybridized carbons (Fsp3) is 0.575. The smallest absolute Gasteiger partial charge is 0.480 e. The number of aliphatic hydroxyl groups excluding tert-OH is 1. The summed E-state index contributed by atoms with van der Waals surface area (Å²) in [5.74, 6) is -3.15. The summed E-state index contributed by atoms with van der Waals surface area (Å²) in [4.78, 5) is 65.9. The second kappa shape index (κ2) is 25.2. The number of carboxylic acid groups (broad SMARTS) is 1. The molecule has 0 radical (unpaired) electrons. The summed E-state index contributed by atoms with van der Waals surface area (Å²) in [6, 6.07) is 10.8. The predicted molar refractivity (Wildman–Crippen MR) is 220 cm³/mol. The second-order valence-electron chi connectivity index (χ2n) is 14.9. The third-order valence-corrected chi connectivity index (χ3v) is 10.6. The van der Waals surface area contributed by atoms with Gasteiger partial charge < -0.3 is 56.5 Å². The molecule has 0 unspecified atom stereocenters. The van der Waals surface area contributed by atoms with Gasteiger partial charge in [-0.15, -0.1) is 0 Å². The Morgan fingerprint density at radius 3 is 2.09 bits per heavy atom. The van der Waals surface area contributed by atoms with E-state index in [1.807, 2.05) is 19.1 Å². The number of aryl methyl sites for hydroxylation is 1. The molecule has 16 nitrogen and oxygen atoms in total. The van der Waals surface area contributed by atoms with Crippen molar-refractivity contribution in [2.24, 2.45) is 5.92 Å². The molecule has 0 aromatic heterocycles. The Kier molecular flexibility index (Phi) is 20.9. The highest BCUT2D eigenvalue weighted by atomic mass is 16.4. The fourth-order valence-corrected chi connectivity index (χ4v) is 7.29. The van der Waals surface area contributed by atoms with Crippen molar-refractivity contribution in [3.8, 4) is 0 Å². The Bertz CT molecular complexity index is 1630. The number of aliphatic carboxylic acids is 1. The quantitative estimate of drug-likeness (QED) is 0.0409. The number of aliphatic hydroxyl groups is 1. The van der Waals surface area contributed by atoms with Crippen LogP contribution in [0.25, 0.3) is 0 Å². The molecule has 10 N–H and O–H groups in total. The van der Waals surface area contributed by atoms with Crippen LogP contribution in [0.1, 0.15) is 95.6 Å². The normalized spacial score (nSPS) is 15.8. The van der Waals surface area contributed by atoms with E-state index < -0.39 is 50.3 Å². The van der Waals surface area contributed by atoms with E-state index in [1.165, 1.54) is 11.8 Å². The molecule has 1 aliphatic heterocycles. The molecule has 1 heterocycles. The van der Waals surface area contributed by atoms with E-state index in [-0.39, 0.29) is 30.1 Å². The molecule has 58 heavy (non-hydrogen) atoms. The van der Waals surface area contributed by atoms with Gasteiger partial charge in [-0.1, -0.05) is 61.9 Å². The van der Waals surface area contributed by atoms with E-state index in [0.717, 1.165) is 11.1 Å². The Morgan fingerprint density at radius 2 is 1.45 bits per heavy atom. The molecule has 1 saturated heterocycles. The van der Waals surface area contributed by atoms with E-state index in [1.54, 1.807) is 36.4 Å². The molecule has 1 fully saturated rings. The molecule has 4 amide bonds. The van der Waals surface area contributed by atoms with Gasteiger partial charge in [-0.25, -0.2) is 4.79 Å². The van der Waals surface area contributed by atoms with Crippen LogP contribution < -0.4 is 32.2 Å².